The van der Waals surface area contributed by atoms with Gasteiger partial charge in [0.25, 0.3) is 0 Å². The normalized spacial score (nSPS) is 17.9. The molecule has 2 aromatic rings. The molecule has 0 saturated heterocycles. The molecule has 0 saturated carbocycles. The molecule has 2 heterocycles. The van der Waals surface area contributed by atoms with Gasteiger partial charge in [-0.2, -0.15) is 0 Å². The molecule has 0 radical (unpaired) electrons. The van der Waals surface area contributed by atoms with Crippen LogP contribution in [0.5, 0.6) is 0 Å². The summed E-state index contributed by atoms with van der Waals surface area (Å²) in [6.07, 6.45) is 0. The Morgan fingerprint density at radius 3 is 2.45 bits per heavy atom. The van der Waals surface area contributed by atoms with Crippen molar-refractivity contribution >= 4 is 5.90 Å². The van der Waals surface area contributed by atoms with Crippen molar-refractivity contribution in [1.82, 2.24) is 4.98 Å². The zero-order valence-electron chi connectivity index (χ0n) is 11.8. The van der Waals surface area contributed by atoms with E-state index in [9.17, 15) is 0 Å². The standard InChI is InChI=1S/C17H18N2O/c1-12(2)16-11-20-17(19-16)15-10-6-9-14(18-15)13-7-4-3-5-8-13/h3-10,12,16H,11H2,1-2H3/t16-/m0/s1. The molecule has 0 fully saturated rings. The van der Waals surface area contributed by atoms with Crippen molar-refractivity contribution in [1.29, 1.82) is 0 Å². The molecule has 0 bridgehead atoms. The molecular weight excluding hydrogens is 248 g/mol. The molecule has 0 amide bonds. The third-order valence-electron chi connectivity index (χ3n) is 3.48. The van der Waals surface area contributed by atoms with E-state index in [1.807, 2.05) is 36.4 Å². The van der Waals surface area contributed by atoms with Crippen LogP contribution in [-0.4, -0.2) is 23.5 Å². The van der Waals surface area contributed by atoms with Gasteiger partial charge in [-0.15, -0.1) is 0 Å². The molecule has 0 N–H and O–H groups in total. The van der Waals surface area contributed by atoms with E-state index < -0.39 is 0 Å². The van der Waals surface area contributed by atoms with Crippen LogP contribution in [0.1, 0.15) is 19.5 Å². The molecule has 3 heteroatoms. The Hall–Kier alpha value is -2.16. The number of pyridine rings is 1. The summed E-state index contributed by atoms with van der Waals surface area (Å²) in [5.41, 5.74) is 2.87. The molecule has 1 aliphatic rings. The predicted molar refractivity (Wildman–Crippen MR) is 80.8 cm³/mol. The van der Waals surface area contributed by atoms with E-state index in [4.69, 9.17) is 4.74 Å². The fourth-order valence-electron chi connectivity index (χ4n) is 2.19. The minimum Gasteiger partial charge on any atom is -0.474 e. The number of aromatic nitrogens is 1. The predicted octanol–water partition coefficient (Wildman–Crippen LogP) is 3.55. The molecule has 1 aliphatic heterocycles. The van der Waals surface area contributed by atoms with Crippen LogP contribution in [0.15, 0.2) is 53.5 Å². The summed E-state index contributed by atoms with van der Waals surface area (Å²) >= 11 is 0. The van der Waals surface area contributed by atoms with Crippen molar-refractivity contribution in [2.45, 2.75) is 19.9 Å². The van der Waals surface area contributed by atoms with Crippen molar-refractivity contribution < 1.29 is 4.74 Å². The van der Waals surface area contributed by atoms with Crippen LogP contribution in [0.3, 0.4) is 0 Å². The van der Waals surface area contributed by atoms with Gasteiger partial charge in [0.15, 0.2) is 0 Å². The van der Waals surface area contributed by atoms with Gasteiger partial charge in [0.2, 0.25) is 5.90 Å². The summed E-state index contributed by atoms with van der Waals surface area (Å²) in [5, 5.41) is 0. The largest absolute Gasteiger partial charge is 0.474 e. The van der Waals surface area contributed by atoms with E-state index in [-0.39, 0.29) is 6.04 Å². The summed E-state index contributed by atoms with van der Waals surface area (Å²) in [6, 6.07) is 16.4. The van der Waals surface area contributed by atoms with Gasteiger partial charge in [0.1, 0.15) is 12.3 Å². The summed E-state index contributed by atoms with van der Waals surface area (Å²) < 4.78 is 5.69. The van der Waals surface area contributed by atoms with Crippen molar-refractivity contribution in [2.75, 3.05) is 6.61 Å². The van der Waals surface area contributed by atoms with Gasteiger partial charge in [-0.05, 0) is 18.1 Å². The van der Waals surface area contributed by atoms with Gasteiger partial charge in [0.05, 0.1) is 11.7 Å². The lowest BCUT2D eigenvalue weighted by Crippen LogP contribution is -2.13. The first-order chi connectivity index (χ1) is 9.74. The number of hydrogen-bond acceptors (Lipinski definition) is 3. The van der Waals surface area contributed by atoms with E-state index in [2.05, 4.69) is 36.0 Å². The maximum Gasteiger partial charge on any atom is 0.235 e. The monoisotopic (exact) mass is 266 g/mol. The van der Waals surface area contributed by atoms with Crippen molar-refractivity contribution in [3.05, 3.63) is 54.2 Å². The van der Waals surface area contributed by atoms with Gasteiger partial charge in [-0.3, -0.25) is 0 Å². The van der Waals surface area contributed by atoms with Gasteiger partial charge in [-0.1, -0.05) is 50.2 Å². The smallest absolute Gasteiger partial charge is 0.235 e. The van der Waals surface area contributed by atoms with Gasteiger partial charge in [0, 0.05) is 5.56 Å². The van der Waals surface area contributed by atoms with Crippen LogP contribution in [0, 0.1) is 5.92 Å². The van der Waals surface area contributed by atoms with Crippen LogP contribution in [0.4, 0.5) is 0 Å². The first-order valence-electron chi connectivity index (χ1n) is 6.97. The summed E-state index contributed by atoms with van der Waals surface area (Å²) in [4.78, 5) is 9.29. The van der Waals surface area contributed by atoms with Crippen molar-refractivity contribution in [3.63, 3.8) is 0 Å². The third-order valence-corrected chi connectivity index (χ3v) is 3.48. The highest BCUT2D eigenvalue weighted by Crippen LogP contribution is 2.20. The van der Waals surface area contributed by atoms with E-state index in [1.54, 1.807) is 0 Å². The number of hydrogen-bond donors (Lipinski definition) is 0. The Bertz CT molecular complexity index is 620. The molecule has 20 heavy (non-hydrogen) atoms. The Morgan fingerprint density at radius 1 is 1.00 bits per heavy atom. The highest BCUT2D eigenvalue weighted by Gasteiger charge is 2.23. The molecule has 1 aromatic carbocycles. The van der Waals surface area contributed by atoms with Gasteiger partial charge >= 0.3 is 0 Å². The highest BCUT2D eigenvalue weighted by atomic mass is 16.5. The highest BCUT2D eigenvalue weighted by molar-refractivity contribution is 5.93. The summed E-state index contributed by atoms with van der Waals surface area (Å²) in [6.45, 7) is 4.98. The minimum absolute atomic E-state index is 0.243. The van der Waals surface area contributed by atoms with Crippen LogP contribution in [0.25, 0.3) is 11.3 Å². The Morgan fingerprint density at radius 2 is 1.75 bits per heavy atom. The summed E-state index contributed by atoms with van der Waals surface area (Å²) in [5.74, 6) is 1.16. The van der Waals surface area contributed by atoms with Crippen molar-refractivity contribution in [3.8, 4) is 11.3 Å². The van der Waals surface area contributed by atoms with Crippen LogP contribution in [-0.2, 0) is 4.74 Å². The lowest BCUT2D eigenvalue weighted by molar-refractivity contribution is 0.291. The van der Waals surface area contributed by atoms with E-state index >= 15 is 0 Å². The Balaban J connectivity index is 1.91. The molecule has 0 unspecified atom stereocenters. The van der Waals surface area contributed by atoms with Crippen LogP contribution >= 0.6 is 0 Å². The van der Waals surface area contributed by atoms with Gasteiger partial charge < -0.3 is 4.74 Å². The number of nitrogens with zero attached hydrogens (tertiary/aromatic N) is 2. The fourth-order valence-corrected chi connectivity index (χ4v) is 2.19. The third kappa shape index (κ3) is 2.57. The van der Waals surface area contributed by atoms with Gasteiger partial charge in [-0.25, -0.2) is 9.98 Å². The molecule has 1 atom stereocenters. The Kier molecular flexibility index (Phi) is 3.50. The molecule has 102 valence electrons. The first-order valence-corrected chi connectivity index (χ1v) is 6.97. The maximum atomic E-state index is 5.69. The second-order valence-electron chi connectivity index (χ2n) is 5.33. The van der Waals surface area contributed by atoms with Crippen LogP contribution < -0.4 is 0 Å². The Labute approximate surface area is 119 Å². The SMILES string of the molecule is CC(C)[C@@H]1COC(c2cccc(-c3ccccc3)n2)=N1. The van der Waals surface area contributed by atoms with Crippen molar-refractivity contribution in [2.24, 2.45) is 10.9 Å². The molecule has 0 aliphatic carbocycles. The molecule has 3 nitrogen and oxygen atoms in total. The van der Waals surface area contributed by atoms with E-state index in [0.29, 0.717) is 18.4 Å². The van der Waals surface area contributed by atoms with Crippen LogP contribution in [0.2, 0.25) is 0 Å². The minimum atomic E-state index is 0.243. The first kappa shape index (κ1) is 12.9. The summed E-state index contributed by atoms with van der Waals surface area (Å²) in [7, 11) is 0. The zero-order valence-corrected chi connectivity index (χ0v) is 11.8. The fraction of sp³-hybridized carbons (Fsp3) is 0.294. The zero-order chi connectivity index (χ0) is 13.9. The number of aliphatic imine (C=N–C) groups is 1. The average molecular weight is 266 g/mol. The topological polar surface area (TPSA) is 34.5 Å². The second kappa shape index (κ2) is 5.45. The van der Waals surface area contributed by atoms with E-state index in [0.717, 1.165) is 17.0 Å². The number of rotatable bonds is 3. The lowest BCUT2D eigenvalue weighted by Gasteiger charge is -2.06. The molecular formula is C17H18N2O. The molecule has 3 rings (SSSR count). The molecule has 0 spiro atoms. The van der Waals surface area contributed by atoms with E-state index in [1.165, 1.54) is 0 Å². The maximum absolute atomic E-state index is 5.69. The second-order valence-corrected chi connectivity index (χ2v) is 5.33. The molecule has 1 aromatic heterocycles. The quantitative estimate of drug-likeness (QED) is 0.851. The number of ether oxygens (including phenoxy) is 1. The number of benzene rings is 1. The average Bonchev–Trinajstić information content (AvgIpc) is 2.98. The lowest BCUT2D eigenvalue weighted by atomic mass is 10.1.